The van der Waals surface area contributed by atoms with E-state index in [4.69, 9.17) is 0 Å². The Morgan fingerprint density at radius 1 is 1.39 bits per heavy atom. The first-order valence-corrected chi connectivity index (χ1v) is 7.19. The third-order valence-electron chi connectivity index (χ3n) is 3.98. The van der Waals surface area contributed by atoms with Gasteiger partial charge in [-0.2, -0.15) is 0 Å². The summed E-state index contributed by atoms with van der Waals surface area (Å²) in [6.07, 6.45) is 9.35. The van der Waals surface area contributed by atoms with Crippen molar-refractivity contribution in [3.05, 3.63) is 12.2 Å². The molecule has 1 unspecified atom stereocenters. The molecule has 4 heteroatoms. The Hall–Kier alpha value is -1.03. The molecule has 1 heterocycles. The van der Waals surface area contributed by atoms with Crippen LogP contribution in [-0.2, 0) is 0 Å². The molecule has 0 radical (unpaired) electrons. The first-order chi connectivity index (χ1) is 8.83. The van der Waals surface area contributed by atoms with E-state index >= 15 is 0 Å². The zero-order valence-corrected chi connectivity index (χ0v) is 11.7. The quantitative estimate of drug-likeness (QED) is 0.449. The van der Waals surface area contributed by atoms with E-state index in [2.05, 4.69) is 39.6 Å². The maximum atomic E-state index is 4.31. The molecule has 0 spiro atoms. The monoisotopic (exact) mass is 250 g/mol. The Balaban J connectivity index is 1.73. The van der Waals surface area contributed by atoms with Gasteiger partial charge in [0.25, 0.3) is 0 Å². The molecular formula is C14H26N4. The summed E-state index contributed by atoms with van der Waals surface area (Å²) in [5, 5.41) is 6.95. The number of aliphatic imine (C=N–C) groups is 1. The molecule has 0 bridgehead atoms. The number of nitrogens with zero attached hydrogens (tertiary/aromatic N) is 2. The SMILES string of the molecule is CCN1CCCC1CNC(=NC)NC1CC=CC1. The van der Waals surface area contributed by atoms with Crippen LogP contribution in [0.4, 0.5) is 0 Å². The molecule has 1 aliphatic heterocycles. The molecule has 0 aromatic rings. The summed E-state index contributed by atoms with van der Waals surface area (Å²) in [6.45, 7) is 5.66. The summed E-state index contributed by atoms with van der Waals surface area (Å²) in [5.74, 6) is 0.951. The first-order valence-electron chi connectivity index (χ1n) is 7.19. The zero-order valence-electron chi connectivity index (χ0n) is 11.7. The zero-order chi connectivity index (χ0) is 12.8. The van der Waals surface area contributed by atoms with Crippen molar-refractivity contribution in [3.8, 4) is 0 Å². The molecule has 0 aromatic carbocycles. The van der Waals surface area contributed by atoms with Crippen LogP contribution in [0.5, 0.6) is 0 Å². The van der Waals surface area contributed by atoms with Gasteiger partial charge in [0.15, 0.2) is 5.96 Å². The number of likely N-dealkylation sites (tertiary alicyclic amines) is 1. The van der Waals surface area contributed by atoms with Crippen LogP contribution in [0.2, 0.25) is 0 Å². The van der Waals surface area contributed by atoms with Gasteiger partial charge in [0, 0.05) is 25.7 Å². The number of guanidine groups is 1. The molecule has 1 fully saturated rings. The third-order valence-corrected chi connectivity index (χ3v) is 3.98. The van der Waals surface area contributed by atoms with Crippen LogP contribution in [-0.4, -0.2) is 49.6 Å². The lowest BCUT2D eigenvalue weighted by molar-refractivity contribution is 0.267. The Morgan fingerprint density at radius 3 is 2.83 bits per heavy atom. The molecular weight excluding hydrogens is 224 g/mol. The van der Waals surface area contributed by atoms with Gasteiger partial charge >= 0.3 is 0 Å². The van der Waals surface area contributed by atoms with Gasteiger partial charge in [-0.3, -0.25) is 9.89 Å². The van der Waals surface area contributed by atoms with Gasteiger partial charge in [0.2, 0.25) is 0 Å². The van der Waals surface area contributed by atoms with E-state index in [1.54, 1.807) is 0 Å². The maximum absolute atomic E-state index is 4.31. The van der Waals surface area contributed by atoms with E-state index in [1.165, 1.54) is 19.4 Å². The molecule has 1 aliphatic carbocycles. The predicted octanol–water partition coefficient (Wildman–Crippen LogP) is 1.35. The lowest BCUT2D eigenvalue weighted by Crippen LogP contribution is -2.47. The molecule has 4 nitrogen and oxygen atoms in total. The van der Waals surface area contributed by atoms with Gasteiger partial charge in [-0.15, -0.1) is 0 Å². The Bertz CT molecular complexity index is 303. The second-order valence-electron chi connectivity index (χ2n) is 5.16. The summed E-state index contributed by atoms with van der Waals surface area (Å²) in [4.78, 5) is 6.86. The molecule has 1 atom stereocenters. The molecule has 102 valence electrons. The van der Waals surface area contributed by atoms with E-state index in [9.17, 15) is 0 Å². The largest absolute Gasteiger partial charge is 0.355 e. The van der Waals surface area contributed by atoms with Crippen molar-refractivity contribution in [2.75, 3.05) is 26.7 Å². The van der Waals surface area contributed by atoms with Gasteiger partial charge in [0.1, 0.15) is 0 Å². The van der Waals surface area contributed by atoms with Gasteiger partial charge in [-0.25, -0.2) is 0 Å². The van der Waals surface area contributed by atoms with Crippen molar-refractivity contribution in [2.24, 2.45) is 4.99 Å². The fourth-order valence-electron chi connectivity index (χ4n) is 2.88. The summed E-state index contributed by atoms with van der Waals surface area (Å²) in [5.41, 5.74) is 0. The van der Waals surface area contributed by atoms with Crippen LogP contribution in [0.25, 0.3) is 0 Å². The van der Waals surface area contributed by atoms with Crippen LogP contribution in [0.1, 0.15) is 32.6 Å². The Kier molecular flexibility index (Phi) is 5.05. The highest BCUT2D eigenvalue weighted by molar-refractivity contribution is 5.80. The fourth-order valence-corrected chi connectivity index (χ4v) is 2.88. The van der Waals surface area contributed by atoms with Gasteiger partial charge in [0.05, 0.1) is 0 Å². The van der Waals surface area contributed by atoms with E-state index in [-0.39, 0.29) is 0 Å². The second-order valence-corrected chi connectivity index (χ2v) is 5.16. The van der Waals surface area contributed by atoms with Crippen LogP contribution >= 0.6 is 0 Å². The van der Waals surface area contributed by atoms with Crippen LogP contribution in [0.15, 0.2) is 17.1 Å². The topological polar surface area (TPSA) is 39.7 Å². The normalized spacial score (nSPS) is 25.9. The third kappa shape index (κ3) is 3.48. The van der Waals surface area contributed by atoms with Crippen molar-refractivity contribution in [2.45, 2.75) is 44.7 Å². The molecule has 0 amide bonds. The minimum absolute atomic E-state index is 0.530. The van der Waals surface area contributed by atoms with Crippen molar-refractivity contribution >= 4 is 5.96 Å². The first kappa shape index (κ1) is 13.4. The summed E-state index contributed by atoms with van der Waals surface area (Å²) in [7, 11) is 1.85. The summed E-state index contributed by atoms with van der Waals surface area (Å²) < 4.78 is 0. The molecule has 2 N–H and O–H groups in total. The maximum Gasteiger partial charge on any atom is 0.191 e. The Morgan fingerprint density at radius 2 is 2.17 bits per heavy atom. The van der Waals surface area contributed by atoms with E-state index in [0.717, 1.165) is 31.9 Å². The average Bonchev–Trinajstić information content (AvgIpc) is 3.05. The number of hydrogen-bond acceptors (Lipinski definition) is 2. The molecule has 1 saturated heterocycles. The lowest BCUT2D eigenvalue weighted by atomic mass is 10.2. The van der Waals surface area contributed by atoms with E-state index < -0.39 is 0 Å². The molecule has 0 saturated carbocycles. The second kappa shape index (κ2) is 6.78. The standard InChI is InChI=1S/C14H26N4/c1-3-18-10-6-9-13(18)11-16-14(15-2)17-12-7-4-5-8-12/h4-5,12-13H,3,6-11H2,1-2H3,(H2,15,16,17). The smallest absolute Gasteiger partial charge is 0.191 e. The number of rotatable bonds is 4. The number of likely N-dealkylation sites (N-methyl/N-ethyl adjacent to an activating group) is 1. The summed E-state index contributed by atoms with van der Waals surface area (Å²) in [6, 6.07) is 1.21. The highest BCUT2D eigenvalue weighted by atomic mass is 15.2. The van der Waals surface area contributed by atoms with Gasteiger partial charge in [-0.05, 0) is 38.8 Å². The van der Waals surface area contributed by atoms with Gasteiger partial charge < -0.3 is 10.6 Å². The van der Waals surface area contributed by atoms with Crippen LogP contribution in [0, 0.1) is 0 Å². The minimum Gasteiger partial charge on any atom is -0.355 e. The van der Waals surface area contributed by atoms with Gasteiger partial charge in [-0.1, -0.05) is 19.1 Å². The number of nitrogens with one attached hydrogen (secondary N) is 2. The van der Waals surface area contributed by atoms with E-state index in [0.29, 0.717) is 12.1 Å². The van der Waals surface area contributed by atoms with E-state index in [1.807, 2.05) is 7.05 Å². The van der Waals surface area contributed by atoms with Crippen LogP contribution < -0.4 is 10.6 Å². The van der Waals surface area contributed by atoms with Crippen molar-refractivity contribution in [1.82, 2.24) is 15.5 Å². The Labute approximate surface area is 111 Å². The molecule has 0 aromatic heterocycles. The fraction of sp³-hybridized carbons (Fsp3) is 0.786. The van der Waals surface area contributed by atoms with Crippen molar-refractivity contribution < 1.29 is 0 Å². The number of hydrogen-bond donors (Lipinski definition) is 2. The minimum atomic E-state index is 0.530. The predicted molar refractivity (Wildman–Crippen MR) is 76.9 cm³/mol. The average molecular weight is 250 g/mol. The van der Waals surface area contributed by atoms with Crippen molar-refractivity contribution in [3.63, 3.8) is 0 Å². The summed E-state index contributed by atoms with van der Waals surface area (Å²) >= 11 is 0. The lowest BCUT2D eigenvalue weighted by Gasteiger charge is -2.24. The highest BCUT2D eigenvalue weighted by Gasteiger charge is 2.23. The highest BCUT2D eigenvalue weighted by Crippen LogP contribution is 2.15. The molecule has 2 aliphatic rings. The molecule has 18 heavy (non-hydrogen) atoms. The van der Waals surface area contributed by atoms with Crippen LogP contribution in [0.3, 0.4) is 0 Å². The van der Waals surface area contributed by atoms with Crippen molar-refractivity contribution in [1.29, 1.82) is 0 Å². The molecule has 2 rings (SSSR count).